The van der Waals surface area contributed by atoms with Crippen LogP contribution in [0.4, 0.5) is 0 Å². The second-order valence-electron chi connectivity index (χ2n) is 7.58. The number of benzene rings is 2. The second-order valence-corrected chi connectivity index (χ2v) is 7.58. The monoisotopic (exact) mass is 391 g/mol. The molecule has 1 heterocycles. The summed E-state index contributed by atoms with van der Waals surface area (Å²) in [6.07, 6.45) is 0. The van der Waals surface area contributed by atoms with E-state index in [2.05, 4.69) is 36.4 Å². The molecule has 0 aliphatic rings. The Labute approximate surface area is 172 Å². The summed E-state index contributed by atoms with van der Waals surface area (Å²) in [6, 6.07) is 18.1. The van der Waals surface area contributed by atoms with Crippen molar-refractivity contribution in [3.8, 4) is 5.75 Å². The zero-order valence-electron chi connectivity index (χ0n) is 17.6. The maximum Gasteiger partial charge on any atom is 0.258 e. The largest absolute Gasteiger partial charge is 0.484 e. The fraction of sp³-hybridized carbons (Fsp3) is 0.333. The lowest BCUT2D eigenvalue weighted by molar-refractivity contribution is -0.123. The average molecular weight is 392 g/mol. The highest BCUT2D eigenvalue weighted by molar-refractivity contribution is 5.77. The van der Waals surface area contributed by atoms with Crippen molar-refractivity contribution in [2.75, 3.05) is 6.61 Å². The van der Waals surface area contributed by atoms with Crippen LogP contribution in [0.3, 0.4) is 0 Å². The van der Waals surface area contributed by atoms with E-state index >= 15 is 0 Å². The molecule has 0 atom stereocenters. The van der Waals surface area contributed by atoms with Crippen molar-refractivity contribution in [2.45, 2.75) is 46.7 Å². The molecule has 152 valence electrons. The number of amides is 1. The minimum atomic E-state index is -0.146. The van der Waals surface area contributed by atoms with E-state index in [0.717, 1.165) is 23.5 Å². The van der Waals surface area contributed by atoms with Crippen molar-refractivity contribution in [1.29, 1.82) is 0 Å². The van der Waals surface area contributed by atoms with Gasteiger partial charge < -0.3 is 10.1 Å². The van der Waals surface area contributed by atoms with E-state index in [1.54, 1.807) is 0 Å². The van der Waals surface area contributed by atoms with Gasteiger partial charge in [0.25, 0.3) is 5.91 Å². The molecule has 0 aliphatic carbocycles. The molecule has 0 spiro atoms. The van der Waals surface area contributed by atoms with Gasteiger partial charge in [-0.1, -0.05) is 56.3 Å². The number of carbonyl (C=O) groups is 1. The lowest BCUT2D eigenvalue weighted by atomic mass is 10.0. The summed E-state index contributed by atoms with van der Waals surface area (Å²) >= 11 is 0. The molecule has 0 aliphatic heterocycles. The molecule has 5 heteroatoms. The number of aryl methyl sites for hydroxylation is 1. The Morgan fingerprint density at radius 3 is 2.41 bits per heavy atom. The minimum absolute atomic E-state index is 0.00271. The summed E-state index contributed by atoms with van der Waals surface area (Å²) in [5.74, 6) is 1.03. The van der Waals surface area contributed by atoms with Crippen molar-refractivity contribution < 1.29 is 9.53 Å². The molecule has 1 aromatic heterocycles. The van der Waals surface area contributed by atoms with Gasteiger partial charge in [-0.15, -0.1) is 0 Å². The van der Waals surface area contributed by atoms with Crippen LogP contribution in [0.15, 0.2) is 54.6 Å². The number of rotatable bonds is 8. The lowest BCUT2D eigenvalue weighted by Gasteiger charge is -2.10. The van der Waals surface area contributed by atoms with Gasteiger partial charge in [-0.25, -0.2) is 0 Å². The average Bonchev–Trinajstić information content (AvgIpc) is 2.98. The summed E-state index contributed by atoms with van der Waals surface area (Å²) in [7, 11) is 0. The maximum absolute atomic E-state index is 12.2. The van der Waals surface area contributed by atoms with Gasteiger partial charge in [-0.3, -0.25) is 9.48 Å². The Hall–Kier alpha value is -3.08. The Morgan fingerprint density at radius 1 is 1.07 bits per heavy atom. The number of hydrogen-bond acceptors (Lipinski definition) is 3. The standard InChI is InChI=1S/C24H29N3O2/c1-17(2)21-10-12-22(13-11-21)29-16-24(28)25-14-23-18(3)26-27(19(23)4)15-20-8-6-5-7-9-20/h5-13,17H,14-16H2,1-4H3,(H,25,28). The molecule has 3 rings (SSSR count). The summed E-state index contributed by atoms with van der Waals surface area (Å²) in [5, 5.41) is 7.57. The first-order valence-corrected chi connectivity index (χ1v) is 10.0. The van der Waals surface area contributed by atoms with E-state index in [1.807, 2.05) is 61.0 Å². The molecular weight excluding hydrogens is 362 g/mol. The topological polar surface area (TPSA) is 56.2 Å². The van der Waals surface area contributed by atoms with Crippen molar-refractivity contribution in [3.63, 3.8) is 0 Å². The number of aromatic nitrogens is 2. The third-order valence-corrected chi connectivity index (χ3v) is 5.09. The van der Waals surface area contributed by atoms with Crippen LogP contribution in [0.2, 0.25) is 0 Å². The van der Waals surface area contributed by atoms with Crippen LogP contribution in [0.1, 0.15) is 47.8 Å². The van der Waals surface area contributed by atoms with Gasteiger partial charge in [0, 0.05) is 17.8 Å². The molecule has 1 N–H and O–H groups in total. The van der Waals surface area contributed by atoms with Crippen LogP contribution in [-0.4, -0.2) is 22.3 Å². The van der Waals surface area contributed by atoms with Crippen molar-refractivity contribution in [2.24, 2.45) is 0 Å². The Kier molecular flexibility index (Phi) is 6.70. The zero-order valence-corrected chi connectivity index (χ0v) is 17.6. The Balaban J connectivity index is 1.53. The quantitative estimate of drug-likeness (QED) is 0.620. The van der Waals surface area contributed by atoms with Gasteiger partial charge in [-0.05, 0) is 43.0 Å². The van der Waals surface area contributed by atoms with Gasteiger partial charge in [-0.2, -0.15) is 5.10 Å². The van der Waals surface area contributed by atoms with E-state index in [1.165, 1.54) is 11.1 Å². The predicted molar refractivity (Wildman–Crippen MR) is 115 cm³/mol. The van der Waals surface area contributed by atoms with Crippen molar-refractivity contribution >= 4 is 5.91 Å². The summed E-state index contributed by atoms with van der Waals surface area (Å²) < 4.78 is 7.59. The number of hydrogen-bond donors (Lipinski definition) is 1. The molecule has 0 saturated carbocycles. The van der Waals surface area contributed by atoms with Gasteiger partial charge in [0.15, 0.2) is 6.61 Å². The van der Waals surface area contributed by atoms with E-state index < -0.39 is 0 Å². The van der Waals surface area contributed by atoms with Crippen LogP contribution in [0.5, 0.6) is 5.75 Å². The molecule has 0 unspecified atom stereocenters. The van der Waals surface area contributed by atoms with Crippen molar-refractivity contribution in [1.82, 2.24) is 15.1 Å². The van der Waals surface area contributed by atoms with Gasteiger partial charge in [0.2, 0.25) is 0 Å². The molecule has 3 aromatic rings. The van der Waals surface area contributed by atoms with E-state index in [0.29, 0.717) is 18.2 Å². The number of carbonyl (C=O) groups excluding carboxylic acids is 1. The summed E-state index contributed by atoms with van der Waals surface area (Å²) in [5.41, 5.74) is 5.50. The van der Waals surface area contributed by atoms with Gasteiger partial charge in [0.05, 0.1) is 12.2 Å². The van der Waals surface area contributed by atoms with Crippen LogP contribution < -0.4 is 10.1 Å². The summed E-state index contributed by atoms with van der Waals surface area (Å²) in [6.45, 7) is 9.47. The number of nitrogens with zero attached hydrogens (tertiary/aromatic N) is 2. The predicted octanol–water partition coefficient (Wildman–Crippen LogP) is 4.37. The molecule has 5 nitrogen and oxygen atoms in total. The lowest BCUT2D eigenvalue weighted by Crippen LogP contribution is -2.28. The van der Waals surface area contributed by atoms with E-state index in [4.69, 9.17) is 4.74 Å². The third kappa shape index (κ3) is 5.47. The highest BCUT2D eigenvalue weighted by Crippen LogP contribution is 2.18. The smallest absolute Gasteiger partial charge is 0.258 e. The first kappa shape index (κ1) is 20.6. The first-order valence-electron chi connectivity index (χ1n) is 10.0. The fourth-order valence-electron chi connectivity index (χ4n) is 3.24. The zero-order chi connectivity index (χ0) is 20.8. The Bertz CT molecular complexity index is 944. The molecular formula is C24H29N3O2. The SMILES string of the molecule is Cc1nn(Cc2ccccc2)c(C)c1CNC(=O)COc1ccc(C(C)C)cc1. The van der Waals surface area contributed by atoms with Crippen LogP contribution in [0.25, 0.3) is 0 Å². The maximum atomic E-state index is 12.2. The van der Waals surface area contributed by atoms with Gasteiger partial charge in [0.1, 0.15) is 5.75 Å². The highest BCUT2D eigenvalue weighted by atomic mass is 16.5. The van der Waals surface area contributed by atoms with E-state index in [-0.39, 0.29) is 12.5 Å². The van der Waals surface area contributed by atoms with Gasteiger partial charge >= 0.3 is 0 Å². The molecule has 1 amide bonds. The fourth-order valence-corrected chi connectivity index (χ4v) is 3.24. The van der Waals surface area contributed by atoms with Crippen molar-refractivity contribution in [3.05, 3.63) is 82.7 Å². The molecule has 0 radical (unpaired) electrons. The van der Waals surface area contributed by atoms with Crippen LogP contribution in [0, 0.1) is 13.8 Å². The number of ether oxygens (including phenoxy) is 1. The molecule has 0 bridgehead atoms. The number of nitrogens with one attached hydrogen (secondary N) is 1. The highest BCUT2D eigenvalue weighted by Gasteiger charge is 2.13. The summed E-state index contributed by atoms with van der Waals surface area (Å²) in [4.78, 5) is 12.2. The van der Waals surface area contributed by atoms with Crippen LogP contribution in [-0.2, 0) is 17.9 Å². The second kappa shape index (κ2) is 9.41. The molecule has 0 fully saturated rings. The van der Waals surface area contributed by atoms with Crippen LogP contribution >= 0.6 is 0 Å². The van der Waals surface area contributed by atoms with E-state index in [9.17, 15) is 4.79 Å². The molecule has 0 saturated heterocycles. The third-order valence-electron chi connectivity index (χ3n) is 5.09. The normalized spacial score (nSPS) is 10.9. The Morgan fingerprint density at radius 2 is 1.76 bits per heavy atom. The molecule has 29 heavy (non-hydrogen) atoms. The first-order chi connectivity index (χ1) is 13.9. The molecule has 2 aromatic carbocycles. The minimum Gasteiger partial charge on any atom is -0.484 e.